The van der Waals surface area contributed by atoms with Gasteiger partial charge in [0, 0.05) is 48.2 Å². The molecule has 2 atom stereocenters. The number of nitrogens with zero attached hydrogens (tertiary/aromatic N) is 6. The summed E-state index contributed by atoms with van der Waals surface area (Å²) in [6.45, 7) is 19.3. The summed E-state index contributed by atoms with van der Waals surface area (Å²) in [5, 5.41) is 36.3. The number of amides is 2. The van der Waals surface area contributed by atoms with Crippen LogP contribution in [0.25, 0.3) is 0 Å². The number of hydrogen-bond donors (Lipinski definition) is 8. The van der Waals surface area contributed by atoms with E-state index in [1.165, 1.54) is 19.3 Å². The first-order valence-corrected chi connectivity index (χ1v) is 35.5. The molecule has 8 rings (SSSR count). The van der Waals surface area contributed by atoms with Crippen LogP contribution in [-0.2, 0) is 41.6 Å². The maximum absolute atomic E-state index is 13.0. The van der Waals surface area contributed by atoms with E-state index in [9.17, 15) is 19.2 Å². The molecule has 0 radical (unpaired) electrons. The molecule has 2 heterocycles. The molecule has 2 fully saturated rings. The standard InChI is InChI=1S/C53H69N7O10.C25H35N5O4/c1-52(2,3)67-50(63)56-44(35-38-15-9-7-10-16-38)48(61)69-58-46(54)40-20-24-42(25-21-40)65-33-13-19-37-28-31-60(32-29-37)30-14-34-66-43-26-22-41(23-27-43)47(55)59-70-49(62)45(36-39-17-11-8-12-18-39)57-51(64)68-53(4,5)6;26-24(28-31)20-4-8-22(9-5-20)33-17-1-3-19-12-15-30(16-13-19)14-2-18-34-23-10-6-21(7-11-23)25(27)29-32/h7-12,15-18,20-27,37,44-45H,13-14,19,28-36H2,1-6H3,(H2,54,58)(H2,55,59)(H,56,63)(H,57,64);4-11,19,31-32H,1-3,12-18H2,(H2,26,28)(H2,27,29)/t44-,45-;/m0./s1. The number of ether oxygens (including phenoxy) is 6. The molecule has 560 valence electrons. The van der Waals surface area contributed by atoms with Crippen LogP contribution >= 0.6 is 0 Å². The highest BCUT2D eigenvalue weighted by Gasteiger charge is 2.29. The van der Waals surface area contributed by atoms with Crippen LogP contribution in [0, 0.1) is 11.8 Å². The van der Waals surface area contributed by atoms with Gasteiger partial charge in [-0.1, -0.05) is 81.3 Å². The third-order valence-corrected chi connectivity index (χ3v) is 17.0. The van der Waals surface area contributed by atoms with Crippen molar-refractivity contribution in [2.24, 2.45) is 55.4 Å². The fourth-order valence-electron chi connectivity index (χ4n) is 11.5. The minimum atomic E-state index is -1.05. The van der Waals surface area contributed by atoms with Crippen molar-refractivity contribution >= 4 is 47.5 Å². The molecule has 2 saturated heterocycles. The van der Waals surface area contributed by atoms with Crippen LogP contribution in [0.4, 0.5) is 9.59 Å². The number of likely N-dealkylation sites (tertiary alicyclic amines) is 2. The Balaban J connectivity index is 0.000000370. The quantitative estimate of drug-likeness (QED) is 0.00464. The Kier molecular flexibility index (Phi) is 32.7. The van der Waals surface area contributed by atoms with Gasteiger partial charge >= 0.3 is 24.1 Å². The van der Waals surface area contributed by atoms with Crippen molar-refractivity contribution in [3.63, 3.8) is 0 Å². The summed E-state index contributed by atoms with van der Waals surface area (Å²) in [5.41, 5.74) is 26.0. The lowest BCUT2D eigenvalue weighted by atomic mass is 9.92. The molecule has 12 N–H and O–H groups in total. The molecule has 6 aromatic carbocycles. The van der Waals surface area contributed by atoms with Gasteiger partial charge in [0.1, 0.15) is 46.3 Å². The lowest BCUT2D eigenvalue weighted by Gasteiger charge is -2.32. The highest BCUT2D eigenvalue weighted by Crippen LogP contribution is 2.26. The third-order valence-electron chi connectivity index (χ3n) is 17.0. The Bertz CT molecular complexity index is 3440. The van der Waals surface area contributed by atoms with Gasteiger partial charge in [0.2, 0.25) is 0 Å². The Labute approximate surface area is 610 Å². The van der Waals surface area contributed by atoms with Crippen molar-refractivity contribution in [1.82, 2.24) is 20.4 Å². The van der Waals surface area contributed by atoms with Crippen LogP contribution in [0.1, 0.15) is 139 Å². The van der Waals surface area contributed by atoms with E-state index in [2.05, 4.69) is 41.1 Å². The first-order valence-electron chi connectivity index (χ1n) is 35.5. The summed E-state index contributed by atoms with van der Waals surface area (Å²) in [7, 11) is 0. The number of rotatable bonds is 34. The monoisotopic (exact) mass is 1430 g/mol. The molecule has 0 aromatic heterocycles. The van der Waals surface area contributed by atoms with Crippen LogP contribution < -0.4 is 52.5 Å². The van der Waals surface area contributed by atoms with Gasteiger partial charge < -0.3 is 91.9 Å². The average molecular weight is 1430 g/mol. The number of benzene rings is 6. The lowest BCUT2D eigenvalue weighted by Crippen LogP contribution is -2.45. The number of carbonyl (C=O) groups excluding carboxylic acids is 4. The molecule has 6 aromatic rings. The number of hydrogen-bond acceptors (Lipinski definition) is 20. The topological polar surface area (TPSA) is 367 Å². The van der Waals surface area contributed by atoms with E-state index in [0.29, 0.717) is 66.1 Å². The summed E-state index contributed by atoms with van der Waals surface area (Å²) in [6, 6.07) is 45.0. The van der Waals surface area contributed by atoms with Crippen molar-refractivity contribution in [2.45, 2.75) is 142 Å². The number of amidine groups is 4. The number of nitrogens with two attached hydrogens (primary N) is 4. The van der Waals surface area contributed by atoms with E-state index in [-0.39, 0.29) is 36.2 Å². The van der Waals surface area contributed by atoms with Gasteiger partial charge in [-0.3, -0.25) is 0 Å². The van der Waals surface area contributed by atoms with Gasteiger partial charge in [-0.15, -0.1) is 0 Å². The number of carbonyl (C=O) groups is 4. The lowest BCUT2D eigenvalue weighted by molar-refractivity contribution is -0.146. The van der Waals surface area contributed by atoms with Crippen molar-refractivity contribution in [2.75, 3.05) is 65.7 Å². The molecule has 0 aliphatic carbocycles. The summed E-state index contributed by atoms with van der Waals surface area (Å²) in [6.07, 6.45) is 9.68. The summed E-state index contributed by atoms with van der Waals surface area (Å²) in [5.74, 6) is 2.99. The summed E-state index contributed by atoms with van der Waals surface area (Å²) >= 11 is 0. The van der Waals surface area contributed by atoms with Gasteiger partial charge in [0.15, 0.2) is 23.3 Å². The number of alkyl carbamates (subject to hydrolysis) is 2. The maximum atomic E-state index is 13.0. The van der Waals surface area contributed by atoms with E-state index < -0.39 is 47.4 Å². The zero-order chi connectivity index (χ0) is 74.7. The highest BCUT2D eigenvalue weighted by atomic mass is 16.7. The Morgan fingerprint density at radius 2 is 0.721 bits per heavy atom. The first kappa shape index (κ1) is 80.7. The van der Waals surface area contributed by atoms with Gasteiger partial charge in [-0.25, -0.2) is 19.2 Å². The zero-order valence-corrected chi connectivity index (χ0v) is 60.7. The van der Waals surface area contributed by atoms with Crippen molar-refractivity contribution in [3.05, 3.63) is 191 Å². The molecule has 104 heavy (non-hydrogen) atoms. The van der Waals surface area contributed by atoms with Gasteiger partial charge in [0.25, 0.3) is 0 Å². The molecule has 26 nitrogen and oxygen atoms in total. The molecular weight excluding hydrogens is 1330 g/mol. The number of oxime groups is 4. The third kappa shape index (κ3) is 30.1. The first-order chi connectivity index (χ1) is 50.0. The van der Waals surface area contributed by atoms with Crippen LogP contribution in [0.15, 0.2) is 178 Å². The van der Waals surface area contributed by atoms with E-state index in [1.807, 2.05) is 84.9 Å². The highest BCUT2D eigenvalue weighted by molar-refractivity contribution is 5.99. The van der Waals surface area contributed by atoms with Gasteiger partial charge in [-0.05, 0) is 252 Å². The second-order valence-corrected chi connectivity index (χ2v) is 27.6. The van der Waals surface area contributed by atoms with Crippen molar-refractivity contribution in [3.8, 4) is 23.0 Å². The predicted octanol–water partition coefficient (Wildman–Crippen LogP) is 10.8. The minimum Gasteiger partial charge on any atom is -0.494 e. The SMILES string of the molecule is CC(C)(C)OC(=O)N[C@@H](Cc1ccccc1)C(=O)O/N=C(\N)c1ccc(OCCCC2CCN(CCCOc3ccc(/C(N)=N/OC(=O)[C@H](Cc4ccccc4)NC(=O)OC(C)(C)C)cc3)CC2)cc1.N/C(=N\O)c1ccc(OCCCC2CCN(CCCOc3ccc(/C(N)=N\O)cc3)CC2)cc1. The molecule has 26 heteroatoms. The summed E-state index contributed by atoms with van der Waals surface area (Å²) in [4.78, 5) is 66.4. The van der Waals surface area contributed by atoms with E-state index in [0.717, 1.165) is 113 Å². The van der Waals surface area contributed by atoms with Crippen LogP contribution in [0.5, 0.6) is 23.0 Å². The average Bonchev–Trinajstić information content (AvgIpc) is 0.886. The molecule has 2 aliphatic heterocycles. The van der Waals surface area contributed by atoms with E-state index in [4.69, 9.17) is 71.4 Å². The Morgan fingerprint density at radius 1 is 0.433 bits per heavy atom. The Hall–Kier alpha value is -10.6. The second-order valence-electron chi connectivity index (χ2n) is 27.6. The molecule has 0 unspecified atom stereocenters. The molecule has 2 amide bonds. The van der Waals surface area contributed by atoms with Crippen LogP contribution in [0.2, 0.25) is 0 Å². The summed E-state index contributed by atoms with van der Waals surface area (Å²) < 4.78 is 34.3. The largest absolute Gasteiger partial charge is 0.494 e. The van der Waals surface area contributed by atoms with E-state index in [1.54, 1.807) is 114 Å². The van der Waals surface area contributed by atoms with Crippen molar-refractivity contribution < 1.29 is 67.7 Å². The molecule has 2 aliphatic rings. The smallest absolute Gasteiger partial charge is 0.408 e. The van der Waals surface area contributed by atoms with E-state index >= 15 is 0 Å². The Morgan fingerprint density at radius 3 is 1.01 bits per heavy atom. The second kappa shape index (κ2) is 42.1. The number of piperidine rings is 2. The fourth-order valence-corrected chi connectivity index (χ4v) is 11.5. The molecule has 0 bridgehead atoms. The van der Waals surface area contributed by atoms with Gasteiger partial charge in [0.05, 0.1) is 26.4 Å². The number of nitrogens with one attached hydrogen (secondary N) is 2. The fraction of sp³-hybridized carbons (Fsp3) is 0.436. The van der Waals surface area contributed by atoms with Crippen molar-refractivity contribution in [1.29, 1.82) is 0 Å². The molecule has 0 spiro atoms. The van der Waals surface area contributed by atoms with Gasteiger partial charge in [-0.2, -0.15) is 0 Å². The van der Waals surface area contributed by atoms with Crippen LogP contribution in [-0.4, -0.2) is 157 Å². The molecule has 0 saturated carbocycles. The van der Waals surface area contributed by atoms with Crippen LogP contribution in [0.3, 0.4) is 0 Å². The minimum absolute atomic E-state index is 0.000230. The zero-order valence-electron chi connectivity index (χ0n) is 60.7. The molecular formula is C78H104N12O14. The maximum Gasteiger partial charge on any atom is 0.408 e. The predicted molar refractivity (Wildman–Crippen MR) is 399 cm³/mol. The normalized spacial score (nSPS) is 15.1.